The van der Waals surface area contributed by atoms with Gasteiger partial charge in [0.25, 0.3) is 0 Å². The molecule has 0 fully saturated rings. The van der Waals surface area contributed by atoms with E-state index in [1.165, 1.54) is 154 Å². The molecule has 1 atom stereocenters. The van der Waals surface area contributed by atoms with E-state index < -0.39 is 12.1 Å². The Kier molecular flexibility index (Phi) is 37.4. The average molecular weight is 708 g/mol. The molecule has 0 spiro atoms. The summed E-state index contributed by atoms with van der Waals surface area (Å²) < 4.78 is 10.9. The predicted octanol–water partition coefficient (Wildman–Crippen LogP) is 13.1. The van der Waals surface area contributed by atoms with Crippen LogP contribution in [0.5, 0.6) is 0 Å². The van der Waals surface area contributed by atoms with Crippen molar-refractivity contribution >= 4 is 17.8 Å². The van der Waals surface area contributed by atoms with Crippen molar-refractivity contribution in [2.24, 2.45) is 5.92 Å². The SMILES string of the molecule is CCCCCCCCCCCCCCCCCC(=O)NCC(OC(=O)CCCCCCCCCCCCCCCCC)C(=O)OCCC(C)C. The summed E-state index contributed by atoms with van der Waals surface area (Å²) in [7, 11) is 0. The van der Waals surface area contributed by atoms with Crippen LogP contribution in [0, 0.1) is 5.92 Å². The highest BCUT2D eigenvalue weighted by molar-refractivity contribution is 5.81. The molecule has 0 aromatic carbocycles. The summed E-state index contributed by atoms with van der Waals surface area (Å²) in [6.45, 7) is 8.94. The van der Waals surface area contributed by atoms with Crippen LogP contribution in [0.1, 0.15) is 240 Å². The van der Waals surface area contributed by atoms with Crippen molar-refractivity contribution in [2.75, 3.05) is 13.2 Å². The first-order valence-corrected chi connectivity index (χ1v) is 22.0. The summed E-state index contributed by atoms with van der Waals surface area (Å²) in [6.07, 6.45) is 38.7. The molecular formula is C44H85NO5. The van der Waals surface area contributed by atoms with Crippen molar-refractivity contribution in [3.8, 4) is 0 Å². The van der Waals surface area contributed by atoms with Crippen LogP contribution in [0.15, 0.2) is 0 Å². The van der Waals surface area contributed by atoms with E-state index in [-0.39, 0.29) is 25.0 Å². The molecule has 6 heteroatoms. The lowest BCUT2D eigenvalue weighted by atomic mass is 10.0. The summed E-state index contributed by atoms with van der Waals surface area (Å²) in [5, 5.41) is 2.82. The Morgan fingerprint density at radius 3 is 1.18 bits per heavy atom. The zero-order chi connectivity index (χ0) is 36.8. The minimum Gasteiger partial charge on any atom is -0.463 e. The smallest absolute Gasteiger partial charge is 0.349 e. The molecule has 0 radical (unpaired) electrons. The van der Waals surface area contributed by atoms with Gasteiger partial charge in [-0.15, -0.1) is 0 Å². The van der Waals surface area contributed by atoms with E-state index >= 15 is 0 Å². The van der Waals surface area contributed by atoms with Gasteiger partial charge < -0.3 is 14.8 Å². The summed E-state index contributed by atoms with van der Waals surface area (Å²) in [6, 6.07) is 0. The number of rotatable bonds is 39. The van der Waals surface area contributed by atoms with Gasteiger partial charge in [-0.2, -0.15) is 0 Å². The molecule has 1 unspecified atom stereocenters. The summed E-state index contributed by atoms with van der Waals surface area (Å²) in [5.41, 5.74) is 0. The fraction of sp³-hybridized carbons (Fsp3) is 0.932. The van der Waals surface area contributed by atoms with Gasteiger partial charge in [-0.3, -0.25) is 9.59 Å². The molecule has 0 saturated carbocycles. The van der Waals surface area contributed by atoms with E-state index in [9.17, 15) is 14.4 Å². The lowest BCUT2D eigenvalue weighted by Gasteiger charge is -2.18. The Hall–Kier alpha value is -1.59. The average Bonchev–Trinajstić information content (AvgIpc) is 3.09. The van der Waals surface area contributed by atoms with Crippen molar-refractivity contribution < 1.29 is 23.9 Å². The number of amides is 1. The first kappa shape index (κ1) is 48.4. The van der Waals surface area contributed by atoms with Crippen molar-refractivity contribution in [2.45, 2.75) is 246 Å². The van der Waals surface area contributed by atoms with Crippen molar-refractivity contribution in [1.29, 1.82) is 0 Å². The van der Waals surface area contributed by atoms with E-state index in [0.29, 0.717) is 18.8 Å². The third-order valence-electron chi connectivity index (χ3n) is 9.95. The monoisotopic (exact) mass is 708 g/mol. The number of esters is 2. The molecule has 296 valence electrons. The Morgan fingerprint density at radius 1 is 0.480 bits per heavy atom. The lowest BCUT2D eigenvalue weighted by Crippen LogP contribution is -2.40. The molecule has 1 amide bonds. The number of unbranched alkanes of at least 4 members (excludes halogenated alkanes) is 28. The zero-order valence-corrected chi connectivity index (χ0v) is 33.9. The summed E-state index contributed by atoms with van der Waals surface area (Å²) in [5.74, 6) is -0.647. The van der Waals surface area contributed by atoms with Crippen LogP contribution in [0.3, 0.4) is 0 Å². The molecule has 0 heterocycles. The minimum atomic E-state index is -1.09. The van der Waals surface area contributed by atoms with Crippen LogP contribution in [-0.2, 0) is 23.9 Å². The highest BCUT2D eigenvalue weighted by atomic mass is 16.6. The first-order chi connectivity index (χ1) is 24.4. The molecule has 6 nitrogen and oxygen atoms in total. The molecule has 0 bridgehead atoms. The summed E-state index contributed by atoms with van der Waals surface area (Å²) in [4.78, 5) is 37.9. The second kappa shape index (κ2) is 38.6. The van der Waals surface area contributed by atoms with Gasteiger partial charge >= 0.3 is 11.9 Å². The van der Waals surface area contributed by atoms with Gasteiger partial charge in [0.2, 0.25) is 12.0 Å². The van der Waals surface area contributed by atoms with Crippen LogP contribution in [0.25, 0.3) is 0 Å². The Bertz CT molecular complexity index is 755. The Morgan fingerprint density at radius 2 is 0.820 bits per heavy atom. The number of ether oxygens (including phenoxy) is 2. The van der Waals surface area contributed by atoms with Gasteiger partial charge in [-0.1, -0.05) is 207 Å². The van der Waals surface area contributed by atoms with Crippen molar-refractivity contribution in [1.82, 2.24) is 5.32 Å². The fourth-order valence-electron chi connectivity index (χ4n) is 6.47. The molecule has 0 rings (SSSR count). The fourth-order valence-corrected chi connectivity index (χ4v) is 6.47. The van der Waals surface area contributed by atoms with E-state index in [0.717, 1.165) is 44.9 Å². The molecule has 0 aliphatic carbocycles. The molecule has 0 aromatic rings. The number of carbonyl (C=O) groups is 3. The van der Waals surface area contributed by atoms with Gasteiger partial charge in [0.05, 0.1) is 13.2 Å². The van der Waals surface area contributed by atoms with Crippen LogP contribution in [0.4, 0.5) is 0 Å². The van der Waals surface area contributed by atoms with Crippen molar-refractivity contribution in [3.05, 3.63) is 0 Å². The van der Waals surface area contributed by atoms with Crippen LogP contribution < -0.4 is 5.32 Å². The van der Waals surface area contributed by atoms with Gasteiger partial charge in [0, 0.05) is 12.8 Å². The maximum Gasteiger partial charge on any atom is 0.349 e. The van der Waals surface area contributed by atoms with Gasteiger partial charge in [0.1, 0.15) is 0 Å². The number of hydrogen-bond donors (Lipinski definition) is 1. The van der Waals surface area contributed by atoms with E-state index in [2.05, 4.69) is 33.0 Å². The largest absolute Gasteiger partial charge is 0.463 e. The van der Waals surface area contributed by atoms with Gasteiger partial charge in [0.15, 0.2) is 0 Å². The predicted molar refractivity (Wildman–Crippen MR) is 212 cm³/mol. The minimum absolute atomic E-state index is 0.0251. The second-order valence-corrected chi connectivity index (χ2v) is 15.5. The molecule has 0 aliphatic rings. The van der Waals surface area contributed by atoms with Crippen LogP contribution in [-0.4, -0.2) is 37.1 Å². The first-order valence-electron chi connectivity index (χ1n) is 22.0. The van der Waals surface area contributed by atoms with E-state index in [1.54, 1.807) is 0 Å². The number of carbonyl (C=O) groups excluding carboxylic acids is 3. The second-order valence-electron chi connectivity index (χ2n) is 15.5. The zero-order valence-electron chi connectivity index (χ0n) is 33.9. The van der Waals surface area contributed by atoms with E-state index in [1.807, 2.05) is 0 Å². The highest BCUT2D eigenvalue weighted by Gasteiger charge is 2.25. The molecule has 1 N–H and O–H groups in total. The standard InChI is InChI=1S/C44H85NO5/c1-5-7-9-11-13-15-17-19-21-23-25-27-29-31-33-35-42(46)45-39-41(44(48)49-38-37-40(3)4)50-43(47)36-34-32-30-28-26-24-22-20-18-16-14-12-10-8-6-2/h40-41H,5-39H2,1-4H3,(H,45,46). The molecule has 0 aliphatic heterocycles. The Balaban J connectivity index is 4.04. The molecule has 0 saturated heterocycles. The normalized spacial score (nSPS) is 11.9. The molecule has 0 aromatic heterocycles. The molecular weight excluding hydrogens is 622 g/mol. The maximum atomic E-state index is 12.7. The topological polar surface area (TPSA) is 81.7 Å². The number of nitrogens with one attached hydrogen (secondary N) is 1. The number of hydrogen-bond acceptors (Lipinski definition) is 5. The van der Waals surface area contributed by atoms with Gasteiger partial charge in [-0.05, 0) is 25.2 Å². The maximum absolute atomic E-state index is 12.7. The lowest BCUT2D eigenvalue weighted by molar-refractivity contribution is -0.168. The van der Waals surface area contributed by atoms with Crippen molar-refractivity contribution in [3.63, 3.8) is 0 Å². The van der Waals surface area contributed by atoms with Crippen LogP contribution >= 0.6 is 0 Å². The van der Waals surface area contributed by atoms with Crippen LogP contribution in [0.2, 0.25) is 0 Å². The Labute approximate surface area is 311 Å². The molecule has 50 heavy (non-hydrogen) atoms. The quantitative estimate of drug-likeness (QED) is 0.0508. The van der Waals surface area contributed by atoms with Gasteiger partial charge in [-0.25, -0.2) is 4.79 Å². The summed E-state index contributed by atoms with van der Waals surface area (Å²) >= 11 is 0. The van der Waals surface area contributed by atoms with E-state index in [4.69, 9.17) is 9.47 Å². The third kappa shape index (κ3) is 36.2. The third-order valence-corrected chi connectivity index (χ3v) is 9.95. The highest BCUT2D eigenvalue weighted by Crippen LogP contribution is 2.16.